The zero-order valence-corrected chi connectivity index (χ0v) is 11.6. The van der Waals surface area contributed by atoms with Crippen molar-refractivity contribution in [1.29, 1.82) is 5.26 Å². The number of fused-ring (bicyclic) bond motifs is 1. The van der Waals surface area contributed by atoms with E-state index >= 15 is 0 Å². The number of nitriles is 1. The van der Waals surface area contributed by atoms with Gasteiger partial charge < -0.3 is 4.74 Å². The first kappa shape index (κ1) is 12.5. The highest BCUT2D eigenvalue weighted by molar-refractivity contribution is 5.40. The van der Waals surface area contributed by atoms with Crippen LogP contribution >= 0.6 is 0 Å². The average Bonchev–Trinajstić information content (AvgIpc) is 3.05. The highest BCUT2D eigenvalue weighted by atomic mass is 16.5. The molecular weight excluding hydrogens is 234 g/mol. The first-order chi connectivity index (χ1) is 9.26. The molecule has 0 bridgehead atoms. The Bertz CT molecular complexity index is 504. The van der Waals surface area contributed by atoms with E-state index < -0.39 is 0 Å². The normalized spacial score (nSPS) is 32.6. The molecule has 3 unspecified atom stereocenters. The van der Waals surface area contributed by atoms with Gasteiger partial charge in [0, 0.05) is 11.5 Å². The third-order valence-corrected chi connectivity index (χ3v) is 4.96. The van der Waals surface area contributed by atoms with Crippen molar-refractivity contribution in [2.24, 2.45) is 11.3 Å². The second-order valence-corrected chi connectivity index (χ2v) is 6.16. The molecule has 0 aromatic heterocycles. The van der Waals surface area contributed by atoms with Crippen molar-refractivity contribution in [3.8, 4) is 11.8 Å². The van der Waals surface area contributed by atoms with Gasteiger partial charge in [0.25, 0.3) is 0 Å². The zero-order chi connectivity index (χ0) is 13.3. The summed E-state index contributed by atoms with van der Waals surface area (Å²) in [7, 11) is 0. The first-order valence-corrected chi connectivity index (χ1v) is 7.39. The van der Waals surface area contributed by atoms with Crippen molar-refractivity contribution < 1.29 is 4.74 Å². The van der Waals surface area contributed by atoms with Gasteiger partial charge in [0.05, 0.1) is 18.1 Å². The number of rotatable bonds is 3. The molecule has 0 radical (unpaired) electrons. The predicted octanol–water partition coefficient (Wildman–Crippen LogP) is 4.27. The molecule has 2 aliphatic rings. The summed E-state index contributed by atoms with van der Waals surface area (Å²) in [6.45, 7) is 2.99. The van der Waals surface area contributed by atoms with Crippen LogP contribution in [0.1, 0.15) is 50.5 Å². The number of nitrogens with zero attached hydrogens (tertiary/aromatic N) is 1. The maximum Gasteiger partial charge on any atom is 0.122 e. The maximum atomic E-state index is 9.65. The summed E-state index contributed by atoms with van der Waals surface area (Å²) in [6.07, 6.45) is 5.55. The molecule has 0 amide bonds. The molecule has 0 spiro atoms. The minimum Gasteiger partial charge on any atom is -0.493 e. The van der Waals surface area contributed by atoms with Crippen molar-refractivity contribution in [3.63, 3.8) is 0 Å². The Morgan fingerprint density at radius 1 is 1.42 bits per heavy atom. The van der Waals surface area contributed by atoms with Gasteiger partial charge in [0.2, 0.25) is 0 Å². The second kappa shape index (κ2) is 4.89. The topological polar surface area (TPSA) is 33.0 Å². The summed E-state index contributed by atoms with van der Waals surface area (Å²) in [5, 5.41) is 9.65. The molecule has 2 nitrogen and oxygen atoms in total. The number of para-hydroxylation sites is 1. The van der Waals surface area contributed by atoms with Crippen LogP contribution in [-0.2, 0) is 0 Å². The summed E-state index contributed by atoms with van der Waals surface area (Å²) in [5.74, 6) is 2.18. The summed E-state index contributed by atoms with van der Waals surface area (Å²) < 4.78 is 5.75. The van der Waals surface area contributed by atoms with E-state index in [9.17, 15) is 5.26 Å². The SMILES string of the molecule is CCC1CCC(C#N)(CC2COc3ccccc32)C1. The van der Waals surface area contributed by atoms with Gasteiger partial charge in [-0.1, -0.05) is 31.5 Å². The third kappa shape index (κ3) is 2.23. The lowest BCUT2D eigenvalue weighted by Crippen LogP contribution is -2.19. The van der Waals surface area contributed by atoms with E-state index in [0.29, 0.717) is 5.92 Å². The van der Waals surface area contributed by atoms with Gasteiger partial charge in [0.15, 0.2) is 0 Å². The minimum absolute atomic E-state index is 0.105. The minimum atomic E-state index is -0.105. The standard InChI is InChI=1S/C17H21NO/c1-2-13-7-8-17(9-13,12-18)10-14-11-19-16-6-4-3-5-15(14)16/h3-6,13-14H,2,7-11H2,1H3. The van der Waals surface area contributed by atoms with E-state index in [0.717, 1.165) is 37.5 Å². The average molecular weight is 255 g/mol. The van der Waals surface area contributed by atoms with Crippen molar-refractivity contribution >= 4 is 0 Å². The number of hydrogen-bond acceptors (Lipinski definition) is 2. The number of hydrogen-bond donors (Lipinski definition) is 0. The molecule has 0 N–H and O–H groups in total. The van der Waals surface area contributed by atoms with Gasteiger partial charge in [-0.05, 0) is 37.7 Å². The Morgan fingerprint density at radius 3 is 3.00 bits per heavy atom. The molecule has 1 aliphatic heterocycles. The Hall–Kier alpha value is -1.49. The predicted molar refractivity (Wildman–Crippen MR) is 75.0 cm³/mol. The van der Waals surface area contributed by atoms with E-state index in [1.165, 1.54) is 18.4 Å². The third-order valence-electron chi connectivity index (χ3n) is 4.96. The van der Waals surface area contributed by atoms with E-state index in [1.54, 1.807) is 0 Å². The monoisotopic (exact) mass is 255 g/mol. The fraction of sp³-hybridized carbons (Fsp3) is 0.588. The fourth-order valence-corrected chi connectivity index (χ4v) is 3.79. The van der Waals surface area contributed by atoms with Crippen LogP contribution in [-0.4, -0.2) is 6.61 Å². The lowest BCUT2D eigenvalue weighted by Gasteiger charge is -2.24. The van der Waals surface area contributed by atoms with Crippen molar-refractivity contribution in [1.82, 2.24) is 0 Å². The van der Waals surface area contributed by atoms with Crippen LogP contribution in [0, 0.1) is 22.7 Å². The van der Waals surface area contributed by atoms with Crippen LogP contribution in [0.2, 0.25) is 0 Å². The van der Waals surface area contributed by atoms with E-state index in [4.69, 9.17) is 4.74 Å². The van der Waals surface area contributed by atoms with Crippen LogP contribution in [0.4, 0.5) is 0 Å². The molecule has 100 valence electrons. The smallest absolute Gasteiger partial charge is 0.122 e. The molecule has 1 aliphatic carbocycles. The Labute approximate surface area is 115 Å². The van der Waals surface area contributed by atoms with Crippen LogP contribution in [0.3, 0.4) is 0 Å². The van der Waals surface area contributed by atoms with Gasteiger partial charge in [-0.25, -0.2) is 0 Å². The number of benzene rings is 1. The Balaban J connectivity index is 1.77. The molecule has 2 heteroatoms. The van der Waals surface area contributed by atoms with E-state index in [1.807, 2.05) is 12.1 Å². The fourth-order valence-electron chi connectivity index (χ4n) is 3.79. The van der Waals surface area contributed by atoms with Crippen LogP contribution in [0.5, 0.6) is 5.75 Å². The summed E-state index contributed by atoms with van der Waals surface area (Å²) >= 11 is 0. The van der Waals surface area contributed by atoms with Gasteiger partial charge in [0.1, 0.15) is 5.75 Å². The molecule has 1 aromatic carbocycles. The van der Waals surface area contributed by atoms with Crippen LogP contribution in [0.25, 0.3) is 0 Å². The molecule has 3 atom stereocenters. The molecule has 0 saturated heterocycles. The largest absolute Gasteiger partial charge is 0.493 e. The van der Waals surface area contributed by atoms with Gasteiger partial charge >= 0.3 is 0 Å². The molecule has 1 heterocycles. The van der Waals surface area contributed by atoms with Crippen molar-refractivity contribution in [2.75, 3.05) is 6.61 Å². The Kier molecular flexibility index (Phi) is 3.22. The lowest BCUT2D eigenvalue weighted by atomic mass is 9.77. The van der Waals surface area contributed by atoms with Gasteiger partial charge in [-0.15, -0.1) is 0 Å². The van der Waals surface area contributed by atoms with E-state index in [-0.39, 0.29) is 5.41 Å². The molecule has 1 fully saturated rings. The molecule has 1 aromatic rings. The Morgan fingerprint density at radius 2 is 2.26 bits per heavy atom. The highest BCUT2D eigenvalue weighted by Gasteiger charge is 2.42. The van der Waals surface area contributed by atoms with Crippen molar-refractivity contribution in [3.05, 3.63) is 29.8 Å². The van der Waals surface area contributed by atoms with Gasteiger partial charge in [-0.2, -0.15) is 5.26 Å². The second-order valence-electron chi connectivity index (χ2n) is 6.16. The first-order valence-electron chi connectivity index (χ1n) is 7.39. The summed E-state index contributed by atoms with van der Waals surface area (Å²) in [4.78, 5) is 0. The van der Waals surface area contributed by atoms with Crippen LogP contribution < -0.4 is 4.74 Å². The molecule has 19 heavy (non-hydrogen) atoms. The number of ether oxygens (including phenoxy) is 1. The summed E-state index contributed by atoms with van der Waals surface area (Å²) in [6, 6.07) is 10.9. The molecular formula is C17H21NO. The quantitative estimate of drug-likeness (QED) is 0.808. The highest BCUT2D eigenvalue weighted by Crippen LogP contribution is 2.50. The lowest BCUT2D eigenvalue weighted by molar-refractivity contribution is 0.271. The van der Waals surface area contributed by atoms with Crippen LogP contribution in [0.15, 0.2) is 24.3 Å². The van der Waals surface area contributed by atoms with Crippen molar-refractivity contribution in [2.45, 2.75) is 44.9 Å². The maximum absolute atomic E-state index is 9.65. The molecule has 1 saturated carbocycles. The van der Waals surface area contributed by atoms with E-state index in [2.05, 4.69) is 25.1 Å². The zero-order valence-electron chi connectivity index (χ0n) is 11.6. The summed E-state index contributed by atoms with van der Waals surface area (Å²) in [5.41, 5.74) is 1.20. The molecule has 3 rings (SSSR count). The van der Waals surface area contributed by atoms with Gasteiger partial charge in [-0.3, -0.25) is 0 Å².